The second-order valence-corrected chi connectivity index (χ2v) is 9.57. The van der Waals surface area contributed by atoms with E-state index in [2.05, 4.69) is 10.3 Å². The minimum absolute atomic E-state index is 0.0113. The summed E-state index contributed by atoms with van der Waals surface area (Å²) in [4.78, 5) is 40.9. The van der Waals surface area contributed by atoms with Gasteiger partial charge in [-0.1, -0.05) is 12.1 Å². The van der Waals surface area contributed by atoms with E-state index in [0.717, 1.165) is 5.56 Å². The van der Waals surface area contributed by atoms with Crippen LogP contribution in [0.4, 0.5) is 5.69 Å². The molecule has 0 spiro atoms. The number of benzene rings is 2. The molecule has 14 heteroatoms. The van der Waals surface area contributed by atoms with Crippen LogP contribution in [0.1, 0.15) is 22.3 Å². The quantitative estimate of drug-likeness (QED) is 0.0932. The maximum Gasteiger partial charge on any atom is 0.343 e. The molecule has 38 heavy (non-hydrogen) atoms. The molecule has 1 heterocycles. The number of nitrogens with zero attached hydrogens (tertiary/aromatic N) is 1. The van der Waals surface area contributed by atoms with Crippen molar-refractivity contribution in [2.75, 3.05) is 39.1 Å². The molecule has 1 aliphatic rings. The van der Waals surface area contributed by atoms with Gasteiger partial charge in [0.05, 0.1) is 41.1 Å². The molecular formula is C24H31N5O8S. The maximum absolute atomic E-state index is 12.3. The number of carbonyl (C=O) groups excluding carboxylic acids is 3. The van der Waals surface area contributed by atoms with Crippen molar-refractivity contribution in [3.63, 3.8) is 0 Å². The van der Waals surface area contributed by atoms with E-state index in [1.54, 1.807) is 53.4 Å². The molecule has 0 unspecified atom stereocenters. The molecule has 0 atom stereocenters. The van der Waals surface area contributed by atoms with Gasteiger partial charge in [-0.25, -0.2) is 18.2 Å². The number of morpholine rings is 1. The molecule has 206 valence electrons. The number of carbonyl (C=O) groups is 3. The zero-order valence-electron chi connectivity index (χ0n) is 20.8. The van der Waals surface area contributed by atoms with E-state index in [9.17, 15) is 14.4 Å². The third-order valence-electron chi connectivity index (χ3n) is 4.98. The number of amides is 2. The van der Waals surface area contributed by atoms with Gasteiger partial charge in [0.1, 0.15) is 5.75 Å². The lowest BCUT2D eigenvalue weighted by molar-refractivity contribution is -0.356. The molecule has 2 amide bonds. The highest BCUT2D eigenvalue weighted by Crippen LogP contribution is 2.16. The number of guanidine groups is 1. The van der Waals surface area contributed by atoms with Crippen molar-refractivity contribution in [3.8, 4) is 5.75 Å². The fourth-order valence-electron chi connectivity index (χ4n) is 3.19. The van der Waals surface area contributed by atoms with Crippen molar-refractivity contribution in [3.05, 3.63) is 59.7 Å². The lowest BCUT2D eigenvalue weighted by atomic mass is 10.1. The lowest BCUT2D eigenvalue weighted by Crippen LogP contribution is -2.72. The van der Waals surface area contributed by atoms with Crippen LogP contribution in [0, 0.1) is 0 Å². The highest BCUT2D eigenvalue weighted by molar-refractivity contribution is 7.84. The van der Waals surface area contributed by atoms with Gasteiger partial charge in [-0.2, -0.15) is 0 Å². The van der Waals surface area contributed by atoms with Crippen LogP contribution in [0.15, 0.2) is 48.5 Å². The molecule has 1 aliphatic heterocycles. The zero-order chi connectivity index (χ0) is 28.1. The fraction of sp³-hybridized carbons (Fsp3) is 0.333. The fourth-order valence-corrected chi connectivity index (χ4v) is 3.19. The van der Waals surface area contributed by atoms with Crippen molar-refractivity contribution < 1.29 is 41.8 Å². The Morgan fingerprint density at radius 1 is 1.05 bits per heavy atom. The molecule has 6 N–H and O–H groups in total. The highest BCUT2D eigenvalue weighted by Gasteiger charge is 2.17. The summed E-state index contributed by atoms with van der Waals surface area (Å²) in [6.07, 6.45) is 1.36. The van der Waals surface area contributed by atoms with E-state index in [1.165, 1.54) is 0 Å². The van der Waals surface area contributed by atoms with Crippen LogP contribution in [0.25, 0.3) is 0 Å². The third-order valence-corrected chi connectivity index (χ3v) is 4.98. The predicted molar refractivity (Wildman–Crippen MR) is 136 cm³/mol. The van der Waals surface area contributed by atoms with Crippen molar-refractivity contribution in [2.45, 2.75) is 12.8 Å². The van der Waals surface area contributed by atoms with Crippen LogP contribution in [-0.2, 0) is 30.9 Å². The van der Waals surface area contributed by atoms with Crippen molar-refractivity contribution >= 4 is 39.5 Å². The van der Waals surface area contributed by atoms with E-state index < -0.39 is 16.1 Å². The molecule has 0 aromatic heterocycles. The molecule has 2 aromatic carbocycles. The van der Waals surface area contributed by atoms with Crippen LogP contribution >= 0.6 is 0 Å². The van der Waals surface area contributed by atoms with E-state index in [-0.39, 0.29) is 30.7 Å². The van der Waals surface area contributed by atoms with E-state index >= 15 is 0 Å². The Balaban J connectivity index is 0.000000926. The molecule has 13 nitrogen and oxygen atoms in total. The van der Waals surface area contributed by atoms with Gasteiger partial charge in [0.2, 0.25) is 11.8 Å². The van der Waals surface area contributed by atoms with E-state index in [0.29, 0.717) is 56.0 Å². The van der Waals surface area contributed by atoms with Crippen LogP contribution < -0.4 is 26.5 Å². The monoisotopic (exact) mass is 549 g/mol. The highest BCUT2D eigenvalue weighted by atomic mass is 32.2. The second-order valence-electron chi connectivity index (χ2n) is 8.17. The molecule has 0 bridgehead atoms. The first-order valence-corrected chi connectivity index (χ1v) is 13.3. The van der Waals surface area contributed by atoms with E-state index in [4.69, 9.17) is 33.9 Å². The molecule has 1 fully saturated rings. The smallest absolute Gasteiger partial charge is 0.343 e. The Morgan fingerprint density at radius 3 is 2.18 bits per heavy atom. The largest absolute Gasteiger partial charge is 0.748 e. The Bertz CT molecular complexity index is 1210. The molecule has 0 saturated carbocycles. The zero-order valence-corrected chi connectivity index (χ0v) is 21.7. The first-order valence-electron chi connectivity index (χ1n) is 11.5. The Morgan fingerprint density at radius 2 is 1.63 bits per heavy atom. The van der Waals surface area contributed by atoms with Crippen LogP contribution in [0.3, 0.4) is 0 Å². The molecule has 1 saturated heterocycles. The summed E-state index contributed by atoms with van der Waals surface area (Å²) in [6.45, 7) is 2.14. The number of aryl methyl sites for hydroxylation is 1. The predicted octanol–water partition coefficient (Wildman–Crippen LogP) is -2.04. The van der Waals surface area contributed by atoms with Gasteiger partial charge in [-0.15, -0.1) is 0 Å². The summed E-state index contributed by atoms with van der Waals surface area (Å²) in [5.41, 5.74) is 12.7. The average molecular weight is 550 g/mol. The number of rotatable bonds is 8. The van der Waals surface area contributed by atoms with Gasteiger partial charge in [-0.3, -0.25) is 21.1 Å². The molecule has 3 rings (SSSR count). The van der Waals surface area contributed by atoms with Crippen molar-refractivity contribution in [1.29, 1.82) is 0 Å². The van der Waals surface area contributed by atoms with Crippen molar-refractivity contribution in [1.82, 2.24) is 10.2 Å². The molecule has 0 radical (unpaired) electrons. The number of esters is 1. The van der Waals surface area contributed by atoms with Crippen LogP contribution in [-0.4, -0.2) is 80.7 Å². The number of nitrogens with two attached hydrogens (primary N) is 2. The van der Waals surface area contributed by atoms with Gasteiger partial charge in [0.15, 0.2) is 0 Å². The van der Waals surface area contributed by atoms with Gasteiger partial charge in [-0.05, 0) is 48.4 Å². The Hall–Kier alpha value is -4.01. The summed E-state index contributed by atoms with van der Waals surface area (Å²) < 4.78 is 37.8. The number of ether oxygens (including phenoxy) is 2. The lowest BCUT2D eigenvalue weighted by Gasteiger charge is -2.26. The van der Waals surface area contributed by atoms with Gasteiger partial charge >= 0.3 is 11.9 Å². The Kier molecular flexibility index (Phi) is 11.7. The maximum atomic E-state index is 12.3. The summed E-state index contributed by atoms with van der Waals surface area (Å²) in [6, 6.07) is 13.5. The van der Waals surface area contributed by atoms with Crippen LogP contribution in [0.2, 0.25) is 0 Å². The minimum Gasteiger partial charge on any atom is -0.748 e. The minimum atomic E-state index is -3.92. The van der Waals surface area contributed by atoms with E-state index in [1.807, 2.05) is 0 Å². The topological polar surface area (TPSA) is 208 Å². The number of hydrogen-bond acceptors (Lipinski definition) is 8. The Labute approximate surface area is 220 Å². The first-order chi connectivity index (χ1) is 17.9. The normalized spacial score (nSPS) is 12.9. The molecule has 2 aromatic rings. The number of nitrogens with one attached hydrogen (secondary N) is 2. The van der Waals surface area contributed by atoms with Gasteiger partial charge < -0.3 is 24.2 Å². The summed E-state index contributed by atoms with van der Waals surface area (Å²) in [7, 11) is -3.92. The standard InChI is InChI=1S/C23H27N5O5.CH4O3S/c24-23(25)27-18-6-4-17(5-7-18)22(31)33-19-8-1-16(2-9-19)3-10-20(29)26-15-21(30)28-11-13-32-14-12-28;1-5(2,3)4/h1-2,4-9H,3,10-15H2,(H,26,29)(H4,24,25,27);1H3,(H,2,3,4). The summed E-state index contributed by atoms with van der Waals surface area (Å²) in [5, 5.41) is 2.66. The van der Waals surface area contributed by atoms with Gasteiger partial charge in [0, 0.05) is 25.8 Å². The summed E-state index contributed by atoms with van der Waals surface area (Å²) >= 11 is 0. The average Bonchev–Trinajstić information content (AvgIpc) is 2.86. The van der Waals surface area contributed by atoms with Crippen molar-refractivity contribution in [2.24, 2.45) is 11.5 Å². The molecular weight excluding hydrogens is 518 g/mol. The third kappa shape index (κ3) is 12.3. The SMILES string of the molecule is CS(=O)(=O)[O-].NC(N)=[NH+]c1ccc(C(=O)Oc2ccc(CCC(=O)NCC(=O)N3CCOCC3)cc2)cc1. The number of hydrogen-bond donors (Lipinski definition) is 4. The van der Waals surface area contributed by atoms with Gasteiger partial charge in [0.25, 0.3) is 0 Å². The second kappa shape index (κ2) is 14.7. The summed E-state index contributed by atoms with van der Waals surface area (Å²) in [5.74, 6) is -0.344. The van der Waals surface area contributed by atoms with Crippen LogP contribution in [0.5, 0.6) is 5.75 Å². The molecule has 0 aliphatic carbocycles. The first kappa shape index (κ1) is 30.2.